The van der Waals surface area contributed by atoms with Gasteiger partial charge in [-0.3, -0.25) is 0 Å². The van der Waals surface area contributed by atoms with E-state index in [1.807, 2.05) is 34.0 Å². The Hall–Kier alpha value is -2.06. The maximum atomic E-state index is 3.45. The Labute approximate surface area is 298 Å². The van der Waals surface area contributed by atoms with E-state index in [0.717, 1.165) is 4.47 Å². The minimum atomic E-state index is 0.00865. The molecule has 0 aliphatic heterocycles. The first-order valence-corrected chi connectivity index (χ1v) is 22.3. The highest BCUT2D eigenvalue weighted by molar-refractivity contribution is 9.10. The molecule has 0 spiro atoms. The number of halogens is 1. The van der Waals surface area contributed by atoms with Gasteiger partial charge in [0.05, 0.1) is 9.52 Å². The molecule has 0 atom stereocenters. The van der Waals surface area contributed by atoms with Gasteiger partial charge in [0.25, 0.3) is 0 Å². The molecule has 0 aliphatic carbocycles. The van der Waals surface area contributed by atoms with E-state index in [1.165, 1.54) is 85.2 Å². The van der Waals surface area contributed by atoms with Gasteiger partial charge >= 0.3 is 0 Å². The zero-order chi connectivity index (χ0) is 32.0. The highest BCUT2D eigenvalue weighted by Crippen LogP contribution is 2.34. The molecule has 0 nitrogen and oxygen atoms in total. The van der Waals surface area contributed by atoms with Crippen LogP contribution in [0.3, 0.4) is 0 Å². The van der Waals surface area contributed by atoms with Crippen molar-refractivity contribution < 1.29 is 0 Å². The Morgan fingerprint density at radius 1 is 0.600 bits per heavy atom. The van der Waals surface area contributed by atoms with Crippen LogP contribution < -0.4 is 4.50 Å². The Morgan fingerprint density at radius 2 is 1.22 bits per heavy atom. The van der Waals surface area contributed by atoms with E-state index >= 15 is 0 Å². The fraction of sp³-hybridized carbons (Fsp3) is 0.282. The van der Waals surface area contributed by atoms with Crippen LogP contribution in [-0.4, -0.2) is 9.52 Å². The molecular weight excluding hydrogens is 705 g/mol. The molecule has 0 fully saturated rings. The summed E-state index contributed by atoms with van der Waals surface area (Å²) in [7, 11) is 0.00865. The van der Waals surface area contributed by atoms with Gasteiger partial charge in [-0.05, 0) is 119 Å². The van der Waals surface area contributed by atoms with E-state index in [2.05, 4.69) is 146 Å². The highest BCUT2D eigenvalue weighted by atomic mass is 79.9. The largest absolute Gasteiger partial charge is 0.149 e. The molecule has 0 bridgehead atoms. The molecule has 4 heterocycles. The van der Waals surface area contributed by atoms with Gasteiger partial charge in [0.1, 0.15) is 0 Å². The fourth-order valence-electron chi connectivity index (χ4n) is 4.89. The van der Waals surface area contributed by atoms with Gasteiger partial charge in [0.15, 0.2) is 0 Å². The zero-order valence-corrected chi connectivity index (χ0v) is 33.5. The summed E-state index contributed by atoms with van der Waals surface area (Å²) in [5.74, 6) is 0. The van der Waals surface area contributed by atoms with Crippen LogP contribution in [0.5, 0.6) is 0 Å². The standard InChI is InChI=1S/C19H20S2.C11H11BrSSi.C9H14S/c1-3-4-6-17-13-19(21-14(17)2)16-10-8-15(9-11-16)18-7-5-12-20-18;1-14-11-7-6-10(13-11)8-2-4-9(12)5-3-8;1-3-4-5-9-6-7-10-8(9)2/h5,7-13H,3-4,6H2,1-2H3;2-7H,14H2,1H3;6-7H,3-5H2,1-2H3. The van der Waals surface area contributed by atoms with Crippen LogP contribution in [0, 0.1) is 13.8 Å². The Balaban J connectivity index is 0.000000166. The summed E-state index contributed by atoms with van der Waals surface area (Å²) in [5.41, 5.74) is 7.05. The van der Waals surface area contributed by atoms with Crippen molar-refractivity contribution in [2.24, 2.45) is 0 Å². The lowest BCUT2D eigenvalue weighted by atomic mass is 10.1. The summed E-state index contributed by atoms with van der Waals surface area (Å²) in [6.07, 6.45) is 7.67. The molecule has 45 heavy (non-hydrogen) atoms. The lowest BCUT2D eigenvalue weighted by Crippen LogP contribution is -2.01. The van der Waals surface area contributed by atoms with Crippen molar-refractivity contribution in [3.8, 4) is 31.3 Å². The van der Waals surface area contributed by atoms with Crippen LogP contribution in [0.1, 0.15) is 60.4 Å². The Bertz CT molecular complexity index is 1670. The van der Waals surface area contributed by atoms with Crippen LogP contribution in [0.15, 0.2) is 100 Å². The monoisotopic (exact) mass is 748 g/mol. The molecule has 6 rings (SSSR count). The average Bonchev–Trinajstić information content (AvgIpc) is 3.89. The molecule has 0 unspecified atom stereocenters. The number of hydrogen-bond acceptors (Lipinski definition) is 4. The second-order valence-corrected chi connectivity index (χ2v) is 18.5. The molecule has 0 aliphatic rings. The van der Waals surface area contributed by atoms with Gasteiger partial charge in [-0.2, -0.15) is 0 Å². The van der Waals surface area contributed by atoms with Crippen molar-refractivity contribution in [3.05, 3.63) is 121 Å². The number of aryl methyl sites for hydroxylation is 4. The van der Waals surface area contributed by atoms with Gasteiger partial charge in [-0.1, -0.05) is 97.7 Å². The first-order valence-electron chi connectivity index (χ1n) is 16.0. The third kappa shape index (κ3) is 11.0. The molecule has 0 amide bonds. The number of unbranched alkanes of at least 4 members (excludes halogenated alkanes) is 2. The van der Waals surface area contributed by atoms with Crippen molar-refractivity contribution in [2.45, 2.75) is 72.8 Å². The number of hydrogen-bond donors (Lipinski definition) is 0. The minimum absolute atomic E-state index is 0.00865. The van der Waals surface area contributed by atoms with Crippen molar-refractivity contribution >= 4 is 75.3 Å². The second-order valence-electron chi connectivity index (χ2n) is 11.1. The molecular formula is C39H45BrS4Si. The summed E-state index contributed by atoms with van der Waals surface area (Å²) in [6, 6.07) is 30.9. The van der Waals surface area contributed by atoms with Gasteiger partial charge in [0, 0.05) is 28.9 Å². The van der Waals surface area contributed by atoms with E-state index in [1.54, 1.807) is 21.4 Å². The number of rotatable bonds is 10. The maximum absolute atomic E-state index is 3.45. The predicted octanol–water partition coefficient (Wildman–Crippen LogP) is 13.2. The topological polar surface area (TPSA) is 0 Å². The van der Waals surface area contributed by atoms with Crippen LogP contribution in [-0.2, 0) is 12.8 Å². The summed E-state index contributed by atoms with van der Waals surface area (Å²) >= 11 is 11.0. The summed E-state index contributed by atoms with van der Waals surface area (Å²) in [5, 5.41) is 4.31. The molecule has 2 aromatic carbocycles. The smallest absolute Gasteiger partial charge is 0.0645 e. The van der Waals surface area contributed by atoms with Crippen LogP contribution >= 0.6 is 61.3 Å². The molecule has 4 aromatic heterocycles. The third-order valence-electron chi connectivity index (χ3n) is 7.70. The van der Waals surface area contributed by atoms with E-state index in [-0.39, 0.29) is 9.52 Å². The first kappa shape index (κ1) is 35.8. The van der Waals surface area contributed by atoms with Crippen molar-refractivity contribution in [1.82, 2.24) is 0 Å². The lowest BCUT2D eigenvalue weighted by Gasteiger charge is -2.00. The van der Waals surface area contributed by atoms with Gasteiger partial charge in [0.2, 0.25) is 0 Å². The van der Waals surface area contributed by atoms with E-state index in [9.17, 15) is 0 Å². The van der Waals surface area contributed by atoms with E-state index in [0.29, 0.717) is 0 Å². The third-order valence-corrected chi connectivity index (χ3v) is 14.4. The number of thiophene rings is 4. The van der Waals surface area contributed by atoms with Crippen LogP contribution in [0.2, 0.25) is 6.55 Å². The zero-order valence-electron chi connectivity index (χ0n) is 27.2. The van der Waals surface area contributed by atoms with Crippen LogP contribution in [0.25, 0.3) is 31.3 Å². The number of benzene rings is 2. The fourth-order valence-corrected chi connectivity index (χ4v) is 9.93. The molecule has 236 valence electrons. The normalized spacial score (nSPS) is 10.9. The summed E-state index contributed by atoms with van der Waals surface area (Å²) in [4.78, 5) is 7.10. The van der Waals surface area contributed by atoms with Crippen molar-refractivity contribution in [3.63, 3.8) is 0 Å². The van der Waals surface area contributed by atoms with Gasteiger partial charge in [-0.15, -0.1) is 45.3 Å². The molecule has 6 heteroatoms. The molecule has 6 aromatic rings. The van der Waals surface area contributed by atoms with E-state index in [4.69, 9.17) is 0 Å². The predicted molar refractivity (Wildman–Crippen MR) is 216 cm³/mol. The molecule has 0 saturated heterocycles. The van der Waals surface area contributed by atoms with Crippen molar-refractivity contribution in [2.75, 3.05) is 0 Å². The molecule has 0 saturated carbocycles. The minimum Gasteiger partial charge on any atom is -0.149 e. The SMILES string of the molecule is CCCCc1cc(-c2ccc(-c3cccs3)cc2)sc1C.CCCCc1ccsc1C.C[SiH2]c1ccc(-c2ccc(Br)cc2)s1. The Morgan fingerprint density at radius 3 is 1.78 bits per heavy atom. The first-order chi connectivity index (χ1) is 21.9. The molecule has 0 radical (unpaired) electrons. The Kier molecular flexibility index (Phi) is 15.1. The van der Waals surface area contributed by atoms with Gasteiger partial charge < -0.3 is 0 Å². The average molecular weight is 750 g/mol. The van der Waals surface area contributed by atoms with Gasteiger partial charge in [-0.25, -0.2) is 0 Å². The van der Waals surface area contributed by atoms with Crippen LogP contribution in [0.4, 0.5) is 0 Å². The highest BCUT2D eigenvalue weighted by Gasteiger charge is 2.08. The lowest BCUT2D eigenvalue weighted by molar-refractivity contribution is 0.794. The second kappa shape index (κ2) is 18.9. The molecule has 0 N–H and O–H groups in total. The quantitative estimate of drug-likeness (QED) is 0.122. The summed E-state index contributed by atoms with van der Waals surface area (Å²) < 4.78 is 2.73. The van der Waals surface area contributed by atoms with E-state index < -0.39 is 0 Å². The summed E-state index contributed by atoms with van der Waals surface area (Å²) in [6.45, 7) is 11.3. The maximum Gasteiger partial charge on any atom is 0.0645 e. The van der Waals surface area contributed by atoms with Crippen molar-refractivity contribution in [1.29, 1.82) is 0 Å².